The van der Waals surface area contributed by atoms with Gasteiger partial charge in [-0.25, -0.2) is 0 Å². The smallest absolute Gasteiger partial charge is 0.312 e. The molecule has 6 rings (SSSR count). The van der Waals surface area contributed by atoms with Gasteiger partial charge in [0.2, 0.25) is 0 Å². The monoisotopic (exact) mass is 686 g/mol. The molecule has 274 valence electrons. The molecule has 6 nitrogen and oxygen atoms in total. The zero-order valence-electron chi connectivity index (χ0n) is 32.1. The zero-order valence-corrected chi connectivity index (χ0v) is 32.1. The van der Waals surface area contributed by atoms with E-state index in [2.05, 4.69) is 54.5 Å². The van der Waals surface area contributed by atoms with Gasteiger partial charge in [-0.2, -0.15) is 0 Å². The van der Waals surface area contributed by atoms with Crippen LogP contribution in [0, 0.1) is 56.2 Å². The van der Waals surface area contributed by atoms with Crippen LogP contribution in [0.3, 0.4) is 0 Å². The van der Waals surface area contributed by atoms with E-state index >= 15 is 0 Å². The Hall–Kier alpha value is -2.76. The number of esters is 2. The average Bonchev–Trinajstić information content (AvgIpc) is 3.07. The highest BCUT2D eigenvalue weighted by Gasteiger charge is 2.70. The number of carbonyl (C=O) groups is 4. The number of benzene rings is 1. The molecule has 0 saturated heterocycles. The Balaban J connectivity index is 1.25. The summed E-state index contributed by atoms with van der Waals surface area (Å²) in [6, 6.07) is 9.88. The largest absolute Gasteiger partial charge is 0.466 e. The molecule has 1 aromatic rings. The predicted octanol–water partition coefficient (Wildman–Crippen LogP) is 9.63. The molecule has 1 aromatic carbocycles. The summed E-state index contributed by atoms with van der Waals surface area (Å²) in [7, 11) is 0. The minimum absolute atomic E-state index is 0.0541. The highest BCUT2D eigenvalue weighted by atomic mass is 16.5. The quantitative estimate of drug-likeness (QED) is 0.241. The molecule has 0 amide bonds. The van der Waals surface area contributed by atoms with Gasteiger partial charge in [-0.05, 0) is 122 Å². The highest BCUT2D eigenvalue weighted by Crippen LogP contribution is 2.75. The van der Waals surface area contributed by atoms with E-state index in [1.54, 1.807) is 0 Å². The molecule has 5 aliphatic rings. The van der Waals surface area contributed by atoms with Gasteiger partial charge in [-0.3, -0.25) is 19.2 Å². The maximum Gasteiger partial charge on any atom is 0.312 e. The van der Waals surface area contributed by atoms with Gasteiger partial charge in [0.1, 0.15) is 12.4 Å². The molecule has 5 aliphatic carbocycles. The van der Waals surface area contributed by atoms with Crippen LogP contribution < -0.4 is 0 Å². The molecule has 9 atom stereocenters. The molecular weight excluding hydrogens is 624 g/mol. The second kappa shape index (κ2) is 13.0. The number of allylic oxidation sites excluding steroid dienone is 2. The topological polar surface area (TPSA) is 86.7 Å². The van der Waals surface area contributed by atoms with Crippen molar-refractivity contribution in [1.82, 2.24) is 0 Å². The van der Waals surface area contributed by atoms with Crippen molar-refractivity contribution in [3.05, 3.63) is 47.5 Å². The van der Waals surface area contributed by atoms with Crippen LogP contribution >= 0.6 is 0 Å². The molecule has 4 fully saturated rings. The minimum Gasteiger partial charge on any atom is -0.466 e. The summed E-state index contributed by atoms with van der Waals surface area (Å²) in [5.41, 5.74) is 0.885. The predicted molar refractivity (Wildman–Crippen MR) is 195 cm³/mol. The summed E-state index contributed by atoms with van der Waals surface area (Å²) in [4.78, 5) is 54.5. The lowest BCUT2D eigenvalue weighted by Crippen LogP contribution is -2.66. The number of hydrogen-bond acceptors (Lipinski definition) is 6. The van der Waals surface area contributed by atoms with E-state index in [1.165, 1.54) is 5.57 Å². The molecule has 6 heteroatoms. The van der Waals surface area contributed by atoms with Crippen molar-refractivity contribution < 1.29 is 28.7 Å². The molecule has 0 spiro atoms. The van der Waals surface area contributed by atoms with Crippen LogP contribution in [0.5, 0.6) is 0 Å². The summed E-state index contributed by atoms with van der Waals surface area (Å²) in [6.45, 7) is 18.8. The second-order valence-electron chi connectivity index (χ2n) is 18.9. The molecule has 50 heavy (non-hydrogen) atoms. The first-order valence-corrected chi connectivity index (χ1v) is 19.6. The lowest BCUT2D eigenvalue weighted by molar-refractivity contribution is -0.194. The van der Waals surface area contributed by atoms with Crippen LogP contribution in [-0.4, -0.2) is 30.1 Å². The number of ether oxygens (including phenoxy) is 2. The minimum atomic E-state index is -0.593. The average molecular weight is 687 g/mol. The number of rotatable bonds is 9. The Morgan fingerprint density at radius 3 is 2.22 bits per heavy atom. The Kier molecular flexibility index (Phi) is 9.64. The van der Waals surface area contributed by atoms with Gasteiger partial charge in [-0.1, -0.05) is 84.4 Å². The first kappa shape index (κ1) is 37.0. The summed E-state index contributed by atoms with van der Waals surface area (Å²) in [6.07, 6.45) is 11.4. The number of fused-ring (bicyclic) bond motifs is 7. The molecule has 0 radical (unpaired) electrons. The van der Waals surface area contributed by atoms with Crippen molar-refractivity contribution in [2.75, 3.05) is 6.61 Å². The summed E-state index contributed by atoms with van der Waals surface area (Å²) in [5.74, 6) is 0.162. The van der Waals surface area contributed by atoms with E-state index in [4.69, 9.17) is 9.47 Å². The second-order valence-corrected chi connectivity index (χ2v) is 18.9. The first-order valence-electron chi connectivity index (χ1n) is 19.6. The van der Waals surface area contributed by atoms with Crippen molar-refractivity contribution >= 4 is 23.5 Å². The van der Waals surface area contributed by atoms with Crippen LogP contribution in [0.15, 0.2) is 42.0 Å². The Morgan fingerprint density at radius 1 is 0.820 bits per heavy atom. The van der Waals surface area contributed by atoms with Gasteiger partial charge in [0, 0.05) is 18.3 Å². The Bertz CT molecular complexity index is 1540. The van der Waals surface area contributed by atoms with E-state index in [9.17, 15) is 19.2 Å². The lowest BCUT2D eigenvalue weighted by Gasteiger charge is -2.70. The van der Waals surface area contributed by atoms with Crippen molar-refractivity contribution in [2.45, 2.75) is 139 Å². The van der Waals surface area contributed by atoms with Crippen LogP contribution in [0.4, 0.5) is 0 Å². The van der Waals surface area contributed by atoms with Crippen LogP contribution in [0.1, 0.15) is 138 Å². The number of Topliss-reactive ketones (excluding diaryl/α,β-unsaturated/α-hetero) is 1. The van der Waals surface area contributed by atoms with Gasteiger partial charge in [0.15, 0.2) is 5.78 Å². The SMILES string of the molecule is CCCOC(=O)CCC(=O)[C@H]1CC[C@]2(C)[C@H]3C(=O)C=C4[C@@H]5C[C@@](C)(C(=O)OCc6ccccc6)CC[C@]5(C)CC[C@@]4(C)[C@]3(C)CC[C@H]2C1(C)C. The summed E-state index contributed by atoms with van der Waals surface area (Å²) >= 11 is 0. The molecule has 4 saturated carbocycles. The van der Waals surface area contributed by atoms with E-state index in [1.807, 2.05) is 37.3 Å². The molecule has 0 N–H and O–H groups in total. The van der Waals surface area contributed by atoms with Crippen LogP contribution in [0.2, 0.25) is 0 Å². The summed E-state index contributed by atoms with van der Waals surface area (Å²) < 4.78 is 11.2. The number of hydrogen-bond donors (Lipinski definition) is 0. The normalized spacial score (nSPS) is 40.2. The van der Waals surface area contributed by atoms with E-state index < -0.39 is 5.41 Å². The summed E-state index contributed by atoms with van der Waals surface area (Å²) in [5, 5.41) is 0. The van der Waals surface area contributed by atoms with E-state index in [0.717, 1.165) is 69.8 Å². The van der Waals surface area contributed by atoms with Gasteiger partial charge >= 0.3 is 11.9 Å². The molecule has 0 unspecified atom stereocenters. The van der Waals surface area contributed by atoms with Crippen molar-refractivity contribution in [1.29, 1.82) is 0 Å². The fourth-order valence-corrected chi connectivity index (χ4v) is 12.5. The maximum atomic E-state index is 14.8. The van der Waals surface area contributed by atoms with Crippen LogP contribution in [0.25, 0.3) is 0 Å². The van der Waals surface area contributed by atoms with Crippen molar-refractivity contribution in [3.8, 4) is 0 Å². The Morgan fingerprint density at radius 2 is 1.52 bits per heavy atom. The third kappa shape index (κ3) is 5.83. The van der Waals surface area contributed by atoms with E-state index in [0.29, 0.717) is 6.61 Å². The van der Waals surface area contributed by atoms with Gasteiger partial charge in [0.25, 0.3) is 0 Å². The highest BCUT2D eigenvalue weighted by molar-refractivity contribution is 5.96. The third-order valence-corrected chi connectivity index (χ3v) is 15.7. The number of ketones is 2. The molecule has 0 bridgehead atoms. The molecular formula is C44H62O6. The molecule has 0 heterocycles. The number of carbonyl (C=O) groups excluding carboxylic acids is 4. The van der Waals surface area contributed by atoms with Gasteiger partial charge < -0.3 is 9.47 Å². The van der Waals surface area contributed by atoms with Gasteiger partial charge in [0.05, 0.1) is 18.4 Å². The molecule has 0 aliphatic heterocycles. The van der Waals surface area contributed by atoms with Gasteiger partial charge in [-0.15, -0.1) is 0 Å². The van der Waals surface area contributed by atoms with Crippen molar-refractivity contribution in [3.63, 3.8) is 0 Å². The fraction of sp³-hybridized carbons (Fsp3) is 0.727. The Labute approximate surface area is 300 Å². The maximum absolute atomic E-state index is 14.8. The first-order chi connectivity index (χ1) is 23.4. The lowest BCUT2D eigenvalue weighted by atomic mass is 9.33. The van der Waals surface area contributed by atoms with Crippen LogP contribution in [-0.2, 0) is 35.3 Å². The standard InChI is InChI=1S/C44H62O6/c1-9-25-49-36(47)16-15-33(45)30-17-19-42(6)35(39(30,2)3)18-20-44(8)37(42)34(46)26-31-32-27-41(5,22-21-40(32,4)23-24-43(31,44)7)38(48)50-28-29-13-11-10-12-14-29/h10-14,26,30,32,35,37H,9,15-25,27-28H2,1-8H3/t30-,32+,35+,37-,40-,41+,42+,43-,44-/m1/s1. The fourth-order valence-electron chi connectivity index (χ4n) is 12.5. The van der Waals surface area contributed by atoms with Crippen molar-refractivity contribution in [2.24, 2.45) is 56.2 Å². The molecule has 0 aromatic heterocycles. The zero-order chi connectivity index (χ0) is 36.3. The third-order valence-electron chi connectivity index (χ3n) is 15.7. The van der Waals surface area contributed by atoms with E-state index in [-0.39, 0.29) is 93.7 Å².